The quantitative estimate of drug-likeness (QED) is 0.426. The second-order valence-corrected chi connectivity index (χ2v) is 3.26. The van der Waals surface area contributed by atoms with Crippen LogP contribution in [0.15, 0.2) is 36.4 Å². The molecular weight excluding hydrogens is 188 g/mol. The number of benzene rings is 1. The standard InChI is InChI=1S/C13H14O2/c1-10(9-14)8-12-4-6-13(7-5-12)11(2)15-3/h4-9H,2H2,1,3H3/b10-8+. The fraction of sp³-hybridized carbons (Fsp3) is 0.154. The number of aldehydes is 1. The van der Waals surface area contributed by atoms with Gasteiger partial charge in [0, 0.05) is 5.56 Å². The second kappa shape index (κ2) is 5.15. The highest BCUT2D eigenvalue weighted by Crippen LogP contribution is 2.14. The van der Waals surface area contributed by atoms with Crippen molar-refractivity contribution in [3.8, 4) is 0 Å². The Kier molecular flexibility index (Phi) is 3.86. The van der Waals surface area contributed by atoms with Crippen LogP contribution in [0.1, 0.15) is 18.1 Å². The Hall–Kier alpha value is -1.83. The van der Waals surface area contributed by atoms with Crippen molar-refractivity contribution in [3.63, 3.8) is 0 Å². The Morgan fingerprint density at radius 2 is 1.93 bits per heavy atom. The smallest absolute Gasteiger partial charge is 0.145 e. The van der Waals surface area contributed by atoms with Crippen molar-refractivity contribution in [3.05, 3.63) is 47.5 Å². The van der Waals surface area contributed by atoms with Crippen molar-refractivity contribution in [2.75, 3.05) is 7.11 Å². The predicted molar refractivity (Wildman–Crippen MR) is 62.2 cm³/mol. The highest BCUT2D eigenvalue weighted by Gasteiger charge is 1.97. The van der Waals surface area contributed by atoms with E-state index in [0.29, 0.717) is 11.3 Å². The van der Waals surface area contributed by atoms with Gasteiger partial charge >= 0.3 is 0 Å². The van der Waals surface area contributed by atoms with Crippen molar-refractivity contribution in [2.24, 2.45) is 0 Å². The minimum absolute atomic E-state index is 0.637. The summed E-state index contributed by atoms with van der Waals surface area (Å²) in [6.07, 6.45) is 2.66. The molecule has 0 bridgehead atoms. The van der Waals surface area contributed by atoms with Crippen LogP contribution >= 0.6 is 0 Å². The van der Waals surface area contributed by atoms with Crippen LogP contribution in [0.25, 0.3) is 11.8 Å². The van der Waals surface area contributed by atoms with Crippen molar-refractivity contribution in [2.45, 2.75) is 6.92 Å². The lowest BCUT2D eigenvalue weighted by Gasteiger charge is -2.04. The van der Waals surface area contributed by atoms with Crippen molar-refractivity contribution in [1.29, 1.82) is 0 Å². The molecule has 0 amide bonds. The molecule has 0 atom stereocenters. The van der Waals surface area contributed by atoms with E-state index in [9.17, 15) is 4.79 Å². The third-order valence-electron chi connectivity index (χ3n) is 2.06. The van der Waals surface area contributed by atoms with Crippen LogP contribution in [-0.4, -0.2) is 13.4 Å². The molecule has 0 aliphatic rings. The molecule has 1 aromatic carbocycles. The highest BCUT2D eigenvalue weighted by atomic mass is 16.5. The normalized spacial score (nSPS) is 10.9. The Morgan fingerprint density at radius 3 is 2.40 bits per heavy atom. The summed E-state index contributed by atoms with van der Waals surface area (Å²) in [7, 11) is 1.59. The van der Waals surface area contributed by atoms with Crippen LogP contribution in [0, 0.1) is 0 Å². The summed E-state index contributed by atoms with van der Waals surface area (Å²) in [5.74, 6) is 0.637. The molecule has 0 aliphatic heterocycles. The number of carbonyl (C=O) groups excluding carboxylic acids is 1. The number of methoxy groups -OCH3 is 1. The number of rotatable bonds is 4. The lowest BCUT2D eigenvalue weighted by Crippen LogP contribution is -1.85. The van der Waals surface area contributed by atoms with Crippen molar-refractivity contribution < 1.29 is 9.53 Å². The predicted octanol–water partition coefficient (Wildman–Crippen LogP) is 2.91. The molecule has 1 aromatic rings. The number of ether oxygens (including phenoxy) is 1. The molecule has 0 saturated carbocycles. The average Bonchev–Trinajstić information content (AvgIpc) is 2.29. The van der Waals surface area contributed by atoms with E-state index in [4.69, 9.17) is 4.74 Å². The molecular formula is C13H14O2. The Bertz CT molecular complexity index is 386. The number of allylic oxidation sites excluding steroid dienone is 1. The number of hydrogen-bond acceptors (Lipinski definition) is 2. The first-order chi connectivity index (χ1) is 7.17. The summed E-state index contributed by atoms with van der Waals surface area (Å²) < 4.78 is 5.01. The van der Waals surface area contributed by atoms with Gasteiger partial charge in [-0.15, -0.1) is 0 Å². The summed E-state index contributed by atoms with van der Waals surface area (Å²) >= 11 is 0. The van der Waals surface area contributed by atoms with Gasteiger partial charge in [0.05, 0.1) is 7.11 Å². The molecule has 0 heterocycles. The number of carbonyl (C=O) groups is 1. The van der Waals surface area contributed by atoms with E-state index in [2.05, 4.69) is 6.58 Å². The summed E-state index contributed by atoms with van der Waals surface area (Å²) in [6, 6.07) is 7.67. The zero-order valence-electron chi connectivity index (χ0n) is 8.99. The topological polar surface area (TPSA) is 26.3 Å². The minimum Gasteiger partial charge on any atom is -0.497 e. The Balaban J connectivity index is 2.90. The van der Waals surface area contributed by atoms with Crippen LogP contribution in [-0.2, 0) is 9.53 Å². The van der Waals surface area contributed by atoms with Crippen LogP contribution in [0.2, 0.25) is 0 Å². The van der Waals surface area contributed by atoms with Crippen LogP contribution in [0.4, 0.5) is 0 Å². The molecule has 0 radical (unpaired) electrons. The first-order valence-electron chi connectivity index (χ1n) is 4.64. The molecule has 0 aromatic heterocycles. The SMILES string of the molecule is C=C(OC)c1ccc(/C=C(\C)C=O)cc1. The largest absolute Gasteiger partial charge is 0.497 e. The molecule has 78 valence electrons. The van der Waals surface area contributed by atoms with Gasteiger partial charge in [0.15, 0.2) is 0 Å². The van der Waals surface area contributed by atoms with Gasteiger partial charge in [-0.1, -0.05) is 30.8 Å². The van der Waals surface area contributed by atoms with E-state index >= 15 is 0 Å². The van der Waals surface area contributed by atoms with Gasteiger partial charge in [-0.05, 0) is 24.1 Å². The minimum atomic E-state index is 0.637. The zero-order chi connectivity index (χ0) is 11.3. The van der Waals surface area contributed by atoms with Crippen LogP contribution < -0.4 is 0 Å². The molecule has 0 saturated heterocycles. The van der Waals surface area contributed by atoms with E-state index in [-0.39, 0.29) is 0 Å². The first-order valence-corrected chi connectivity index (χ1v) is 4.64. The number of hydrogen-bond donors (Lipinski definition) is 0. The maximum absolute atomic E-state index is 10.4. The zero-order valence-corrected chi connectivity index (χ0v) is 8.99. The summed E-state index contributed by atoms with van der Waals surface area (Å²) in [6.45, 7) is 5.53. The fourth-order valence-corrected chi connectivity index (χ4v) is 1.18. The molecule has 0 aliphatic carbocycles. The average molecular weight is 202 g/mol. The third-order valence-corrected chi connectivity index (χ3v) is 2.06. The molecule has 1 rings (SSSR count). The Morgan fingerprint density at radius 1 is 1.33 bits per heavy atom. The van der Waals surface area contributed by atoms with Gasteiger partial charge in [0.25, 0.3) is 0 Å². The molecule has 2 nitrogen and oxygen atoms in total. The summed E-state index contributed by atoms with van der Waals surface area (Å²) in [5, 5.41) is 0. The van der Waals surface area contributed by atoms with E-state index in [1.54, 1.807) is 14.0 Å². The highest BCUT2D eigenvalue weighted by molar-refractivity contribution is 5.80. The van der Waals surface area contributed by atoms with Gasteiger partial charge in [-0.25, -0.2) is 0 Å². The van der Waals surface area contributed by atoms with Crippen molar-refractivity contribution in [1.82, 2.24) is 0 Å². The molecule has 0 N–H and O–H groups in total. The fourth-order valence-electron chi connectivity index (χ4n) is 1.18. The molecule has 15 heavy (non-hydrogen) atoms. The molecule has 0 spiro atoms. The first kappa shape index (κ1) is 11.2. The van der Waals surface area contributed by atoms with Crippen LogP contribution in [0.3, 0.4) is 0 Å². The Labute approximate surface area is 89.9 Å². The van der Waals surface area contributed by atoms with E-state index in [0.717, 1.165) is 17.4 Å². The van der Waals surface area contributed by atoms with Gasteiger partial charge in [-0.2, -0.15) is 0 Å². The van der Waals surface area contributed by atoms with E-state index in [1.165, 1.54) is 0 Å². The monoisotopic (exact) mass is 202 g/mol. The van der Waals surface area contributed by atoms with Crippen LogP contribution in [0.5, 0.6) is 0 Å². The van der Waals surface area contributed by atoms with E-state index in [1.807, 2.05) is 30.3 Å². The summed E-state index contributed by atoms with van der Waals surface area (Å²) in [4.78, 5) is 10.4. The lowest BCUT2D eigenvalue weighted by molar-refractivity contribution is -0.104. The van der Waals surface area contributed by atoms with E-state index < -0.39 is 0 Å². The molecule has 0 unspecified atom stereocenters. The third kappa shape index (κ3) is 3.09. The van der Waals surface area contributed by atoms with Gasteiger partial charge in [0.1, 0.15) is 12.0 Å². The second-order valence-electron chi connectivity index (χ2n) is 3.26. The van der Waals surface area contributed by atoms with Gasteiger partial charge in [-0.3, -0.25) is 4.79 Å². The van der Waals surface area contributed by atoms with Gasteiger partial charge < -0.3 is 4.74 Å². The molecule has 2 heteroatoms. The molecule has 0 fully saturated rings. The van der Waals surface area contributed by atoms with Crippen molar-refractivity contribution >= 4 is 18.1 Å². The lowest BCUT2D eigenvalue weighted by atomic mass is 10.1. The maximum Gasteiger partial charge on any atom is 0.145 e. The van der Waals surface area contributed by atoms with Gasteiger partial charge in [0.2, 0.25) is 0 Å². The summed E-state index contributed by atoms with van der Waals surface area (Å²) in [5.41, 5.74) is 2.64. The maximum atomic E-state index is 10.4.